The molecule has 0 aliphatic carbocycles. The zero-order chi connectivity index (χ0) is 11.6. The summed E-state index contributed by atoms with van der Waals surface area (Å²) >= 11 is 2.87. The minimum absolute atomic E-state index is 0. The van der Waals surface area contributed by atoms with Gasteiger partial charge in [0.15, 0.2) is 0 Å². The highest BCUT2D eigenvalue weighted by molar-refractivity contribution is 9.10. The van der Waals surface area contributed by atoms with Gasteiger partial charge in [0.25, 0.3) is 5.92 Å². The van der Waals surface area contributed by atoms with Gasteiger partial charge in [0.05, 0.1) is 10.5 Å². The number of benzene rings is 1. The van der Waals surface area contributed by atoms with Gasteiger partial charge in [-0.25, -0.2) is 13.2 Å². The van der Waals surface area contributed by atoms with Crippen LogP contribution in [0.3, 0.4) is 0 Å². The Bertz CT molecular complexity index is 365. The molecule has 2 nitrogen and oxygen atoms in total. The fourth-order valence-corrected chi connectivity index (χ4v) is 1.47. The summed E-state index contributed by atoms with van der Waals surface area (Å²) in [6, 6.07) is 2.08. The summed E-state index contributed by atoms with van der Waals surface area (Å²) in [6.45, 7) is -1.42. The molecule has 1 rings (SSSR count). The molecule has 0 bridgehead atoms. The van der Waals surface area contributed by atoms with Crippen LogP contribution in [0, 0.1) is 5.82 Å². The van der Waals surface area contributed by atoms with Crippen molar-refractivity contribution in [2.24, 2.45) is 5.73 Å². The van der Waals surface area contributed by atoms with Crippen molar-refractivity contribution in [3.63, 3.8) is 0 Å². The molecule has 0 aliphatic heterocycles. The second kappa shape index (κ2) is 5.86. The Labute approximate surface area is 105 Å². The fraction of sp³-hybridized carbons (Fsp3) is 0.333. The minimum atomic E-state index is -3.54. The summed E-state index contributed by atoms with van der Waals surface area (Å²) in [6.07, 6.45) is 0. The summed E-state index contributed by atoms with van der Waals surface area (Å²) in [4.78, 5) is 0. The molecule has 0 amide bonds. The number of aliphatic hydroxyl groups is 1. The van der Waals surface area contributed by atoms with E-state index >= 15 is 0 Å². The summed E-state index contributed by atoms with van der Waals surface area (Å²) in [5.74, 6) is -4.38. The predicted molar refractivity (Wildman–Crippen MR) is 60.3 cm³/mol. The van der Waals surface area contributed by atoms with Crippen molar-refractivity contribution >= 4 is 28.3 Å². The van der Waals surface area contributed by atoms with Crippen LogP contribution in [-0.4, -0.2) is 17.6 Å². The molecule has 0 saturated carbocycles. The molecule has 0 radical (unpaired) electrons. The molecule has 0 unspecified atom stereocenters. The Kier molecular flexibility index (Phi) is 5.75. The predicted octanol–water partition coefficient (Wildman–Crippen LogP) is 2.64. The van der Waals surface area contributed by atoms with Crippen LogP contribution in [-0.2, 0) is 0 Å². The van der Waals surface area contributed by atoms with Crippen LogP contribution in [0.2, 0.25) is 0 Å². The third-order valence-electron chi connectivity index (χ3n) is 1.98. The van der Waals surface area contributed by atoms with Gasteiger partial charge in [-0.1, -0.05) is 12.1 Å². The fourth-order valence-electron chi connectivity index (χ4n) is 1.09. The molecule has 16 heavy (non-hydrogen) atoms. The van der Waals surface area contributed by atoms with Crippen LogP contribution < -0.4 is 5.73 Å². The van der Waals surface area contributed by atoms with Crippen LogP contribution in [0.4, 0.5) is 13.2 Å². The van der Waals surface area contributed by atoms with E-state index in [2.05, 4.69) is 15.9 Å². The zero-order valence-corrected chi connectivity index (χ0v) is 10.4. The van der Waals surface area contributed by atoms with Gasteiger partial charge >= 0.3 is 0 Å². The molecule has 3 N–H and O–H groups in total. The van der Waals surface area contributed by atoms with Gasteiger partial charge in [0.1, 0.15) is 12.4 Å². The highest BCUT2D eigenvalue weighted by Gasteiger charge is 2.38. The van der Waals surface area contributed by atoms with E-state index in [9.17, 15) is 13.2 Å². The van der Waals surface area contributed by atoms with Crippen molar-refractivity contribution in [1.29, 1.82) is 0 Å². The quantitative estimate of drug-likeness (QED) is 0.899. The smallest absolute Gasteiger partial charge is 0.289 e. The number of aliphatic hydroxyl groups excluding tert-OH is 1. The van der Waals surface area contributed by atoms with Crippen molar-refractivity contribution in [3.8, 4) is 0 Å². The van der Waals surface area contributed by atoms with Gasteiger partial charge < -0.3 is 10.8 Å². The van der Waals surface area contributed by atoms with Crippen molar-refractivity contribution in [2.45, 2.75) is 12.0 Å². The molecular formula is C9H10BrClF3NO. The van der Waals surface area contributed by atoms with E-state index in [0.29, 0.717) is 0 Å². The number of alkyl halides is 2. The lowest BCUT2D eigenvalue weighted by Crippen LogP contribution is -2.36. The molecule has 0 fully saturated rings. The average Bonchev–Trinajstić information content (AvgIpc) is 2.21. The Balaban J connectivity index is 0.00000225. The van der Waals surface area contributed by atoms with E-state index < -0.39 is 24.4 Å². The highest BCUT2D eigenvalue weighted by Crippen LogP contribution is 2.32. The SMILES string of the molecule is Cl.N[C@@H](c1cccc(Br)c1F)C(F)(F)CO. The summed E-state index contributed by atoms with van der Waals surface area (Å²) in [5, 5.41) is 8.42. The molecule has 1 aromatic rings. The molecular weight excluding hydrogens is 310 g/mol. The van der Waals surface area contributed by atoms with E-state index in [1.54, 1.807) is 0 Å². The van der Waals surface area contributed by atoms with Gasteiger partial charge in [-0.15, -0.1) is 12.4 Å². The van der Waals surface area contributed by atoms with E-state index in [-0.39, 0.29) is 22.4 Å². The van der Waals surface area contributed by atoms with E-state index in [1.165, 1.54) is 12.1 Å². The van der Waals surface area contributed by atoms with Gasteiger partial charge in [0.2, 0.25) is 0 Å². The highest BCUT2D eigenvalue weighted by atomic mass is 79.9. The zero-order valence-electron chi connectivity index (χ0n) is 7.96. The summed E-state index contributed by atoms with van der Waals surface area (Å²) in [5.41, 5.74) is 4.85. The third kappa shape index (κ3) is 3.10. The van der Waals surface area contributed by atoms with Gasteiger partial charge in [-0.2, -0.15) is 0 Å². The lowest BCUT2D eigenvalue weighted by atomic mass is 10.0. The molecule has 0 spiro atoms. The number of rotatable bonds is 3. The number of hydrogen-bond donors (Lipinski definition) is 2. The van der Waals surface area contributed by atoms with E-state index in [4.69, 9.17) is 10.8 Å². The summed E-state index contributed by atoms with van der Waals surface area (Å²) < 4.78 is 39.4. The molecule has 92 valence electrons. The maximum atomic E-state index is 13.4. The largest absolute Gasteiger partial charge is 0.390 e. The van der Waals surface area contributed by atoms with Crippen LogP contribution in [0.25, 0.3) is 0 Å². The molecule has 1 aromatic carbocycles. The average molecular weight is 321 g/mol. The maximum absolute atomic E-state index is 13.4. The molecule has 0 heterocycles. The monoisotopic (exact) mass is 319 g/mol. The van der Waals surface area contributed by atoms with Gasteiger partial charge in [0, 0.05) is 5.56 Å². The molecule has 0 aliphatic rings. The standard InChI is InChI=1S/C9H9BrF3NO.ClH/c10-6-3-1-2-5(7(6)11)8(14)9(12,13)4-15;/h1-3,8,15H,4,14H2;1H/t8-;/m0./s1. The number of hydrogen-bond acceptors (Lipinski definition) is 2. The Morgan fingerprint density at radius 1 is 1.44 bits per heavy atom. The van der Waals surface area contributed by atoms with Crippen LogP contribution in [0.5, 0.6) is 0 Å². The first-order chi connectivity index (χ1) is 6.90. The van der Waals surface area contributed by atoms with E-state index in [0.717, 1.165) is 6.07 Å². The minimum Gasteiger partial charge on any atom is -0.390 e. The van der Waals surface area contributed by atoms with E-state index in [1.807, 2.05) is 0 Å². The lowest BCUT2D eigenvalue weighted by molar-refractivity contribution is -0.0719. The van der Waals surface area contributed by atoms with Gasteiger partial charge in [-0.05, 0) is 22.0 Å². The first-order valence-electron chi connectivity index (χ1n) is 4.08. The Hall–Kier alpha value is -0.300. The normalized spacial score (nSPS) is 13.1. The lowest BCUT2D eigenvalue weighted by Gasteiger charge is -2.22. The molecule has 1 atom stereocenters. The van der Waals surface area contributed by atoms with Crippen LogP contribution in [0.1, 0.15) is 11.6 Å². The second-order valence-electron chi connectivity index (χ2n) is 3.04. The van der Waals surface area contributed by atoms with Crippen molar-refractivity contribution in [1.82, 2.24) is 0 Å². The summed E-state index contributed by atoms with van der Waals surface area (Å²) in [7, 11) is 0. The van der Waals surface area contributed by atoms with Crippen molar-refractivity contribution < 1.29 is 18.3 Å². The van der Waals surface area contributed by atoms with Crippen molar-refractivity contribution in [2.75, 3.05) is 6.61 Å². The first-order valence-corrected chi connectivity index (χ1v) is 4.87. The molecule has 0 aromatic heterocycles. The Morgan fingerprint density at radius 2 is 2.00 bits per heavy atom. The van der Waals surface area contributed by atoms with Gasteiger partial charge in [-0.3, -0.25) is 0 Å². The topological polar surface area (TPSA) is 46.2 Å². The third-order valence-corrected chi connectivity index (χ3v) is 2.59. The second-order valence-corrected chi connectivity index (χ2v) is 3.89. The Morgan fingerprint density at radius 3 is 2.50 bits per heavy atom. The molecule has 7 heteroatoms. The van der Waals surface area contributed by atoms with Crippen LogP contribution >= 0.6 is 28.3 Å². The maximum Gasteiger partial charge on any atom is 0.289 e. The van der Waals surface area contributed by atoms with Crippen LogP contribution in [0.15, 0.2) is 22.7 Å². The number of halogens is 5. The first kappa shape index (κ1) is 15.7. The number of nitrogens with two attached hydrogens (primary N) is 1. The van der Waals surface area contributed by atoms with Crippen molar-refractivity contribution in [3.05, 3.63) is 34.1 Å². The molecule has 0 saturated heterocycles.